The summed E-state index contributed by atoms with van der Waals surface area (Å²) < 4.78 is 10.1. The van der Waals surface area contributed by atoms with Crippen molar-refractivity contribution in [2.24, 2.45) is 0 Å². The van der Waals surface area contributed by atoms with Gasteiger partial charge in [0.25, 0.3) is 6.71 Å². The molecular formula is C92H75BN2O. The fraction of sp³-hybridized carbons (Fsp3) is 0.130. The summed E-state index contributed by atoms with van der Waals surface area (Å²) in [6.07, 6.45) is 0. The molecule has 15 aromatic rings. The lowest BCUT2D eigenvalue weighted by atomic mass is 9.34. The zero-order chi connectivity index (χ0) is 65.4. The van der Waals surface area contributed by atoms with Crippen molar-refractivity contribution in [3.05, 3.63) is 308 Å². The van der Waals surface area contributed by atoms with Crippen LogP contribution in [0.2, 0.25) is 0 Å². The Morgan fingerprint density at radius 1 is 0.292 bits per heavy atom. The van der Waals surface area contributed by atoms with E-state index in [1.54, 1.807) is 0 Å². The molecule has 0 atom stereocenters. The fourth-order valence-electron chi connectivity index (χ4n) is 15.5. The second-order valence-electron chi connectivity index (χ2n) is 29.6. The van der Waals surface area contributed by atoms with Crippen LogP contribution in [0.15, 0.2) is 291 Å². The maximum Gasteiger partial charge on any atom is 0.256 e. The van der Waals surface area contributed by atoms with Crippen LogP contribution >= 0.6 is 0 Å². The molecular weight excluding hydrogens is 1160 g/mol. The second kappa shape index (κ2) is 22.4. The number of hydrogen-bond donors (Lipinski definition) is 0. The number of rotatable bonds is 8. The molecule has 0 N–H and O–H groups in total. The quantitative estimate of drug-likeness (QED) is 0.111. The van der Waals surface area contributed by atoms with Crippen molar-refractivity contribution in [3.63, 3.8) is 0 Å². The first-order valence-corrected chi connectivity index (χ1v) is 34.0. The van der Waals surface area contributed by atoms with Crippen LogP contribution in [0.1, 0.15) is 79.0 Å². The van der Waals surface area contributed by atoms with Crippen molar-refractivity contribution in [2.45, 2.75) is 78.6 Å². The van der Waals surface area contributed by atoms with E-state index in [0.717, 1.165) is 89.7 Å². The van der Waals surface area contributed by atoms with E-state index in [0.29, 0.717) is 0 Å². The minimum absolute atomic E-state index is 0.0180. The molecule has 2 aliphatic rings. The third kappa shape index (κ3) is 9.79. The maximum absolute atomic E-state index is 7.67. The average molecular weight is 1240 g/mol. The summed E-state index contributed by atoms with van der Waals surface area (Å²) in [5.74, 6) is 1.75. The largest absolute Gasteiger partial charge is 0.458 e. The lowest BCUT2D eigenvalue weighted by molar-refractivity contribution is 0.483. The summed E-state index contributed by atoms with van der Waals surface area (Å²) in [5.41, 5.74) is 27.8. The lowest BCUT2D eigenvalue weighted by Gasteiger charge is -2.42. The number of aromatic nitrogens is 1. The fourth-order valence-corrected chi connectivity index (χ4v) is 15.5. The molecule has 0 bridgehead atoms. The predicted molar refractivity (Wildman–Crippen MR) is 410 cm³/mol. The second-order valence-corrected chi connectivity index (χ2v) is 29.6. The molecule has 0 fully saturated rings. The highest BCUT2D eigenvalue weighted by molar-refractivity contribution is 6.99. The predicted octanol–water partition coefficient (Wildman–Crippen LogP) is 23.4. The molecule has 2 aliphatic heterocycles. The van der Waals surface area contributed by atoms with Crippen molar-refractivity contribution in [3.8, 4) is 83.9 Å². The van der Waals surface area contributed by atoms with Crippen LogP contribution in [-0.4, -0.2) is 11.3 Å². The highest BCUT2D eigenvalue weighted by atomic mass is 16.5. The molecule has 1 aromatic heterocycles. The molecule has 3 nitrogen and oxygen atoms in total. The van der Waals surface area contributed by atoms with Gasteiger partial charge in [0, 0.05) is 45.0 Å². The average Bonchev–Trinajstić information content (AvgIpc) is 1.38. The molecule has 3 heterocycles. The van der Waals surface area contributed by atoms with E-state index in [4.69, 9.17) is 4.74 Å². The minimum Gasteiger partial charge on any atom is -0.458 e. The van der Waals surface area contributed by atoms with Gasteiger partial charge in [0.15, 0.2) is 0 Å². The van der Waals surface area contributed by atoms with E-state index in [1.807, 2.05) is 0 Å². The number of ether oxygens (including phenoxy) is 1. The zero-order valence-corrected chi connectivity index (χ0v) is 56.1. The molecule has 14 aromatic carbocycles. The first-order valence-electron chi connectivity index (χ1n) is 34.0. The molecule has 0 saturated heterocycles. The van der Waals surface area contributed by atoms with Crippen LogP contribution < -0.4 is 26.0 Å². The molecule has 0 unspecified atom stereocenters. The number of nitrogens with zero attached hydrogens (tertiary/aromatic N) is 2. The maximum atomic E-state index is 7.67. The van der Waals surface area contributed by atoms with Crippen LogP contribution in [0, 0.1) is 0 Å². The Kier molecular flexibility index (Phi) is 13.7. The van der Waals surface area contributed by atoms with Gasteiger partial charge in [-0.1, -0.05) is 281 Å². The smallest absolute Gasteiger partial charge is 0.256 e. The van der Waals surface area contributed by atoms with E-state index < -0.39 is 0 Å². The van der Waals surface area contributed by atoms with E-state index in [1.165, 1.54) is 87.8 Å². The third-order valence-electron chi connectivity index (χ3n) is 20.5. The van der Waals surface area contributed by atoms with Crippen molar-refractivity contribution in [1.29, 1.82) is 0 Å². The normalized spacial score (nSPS) is 12.9. The summed E-state index contributed by atoms with van der Waals surface area (Å²) in [5, 5.41) is 7.43. The molecule has 96 heavy (non-hydrogen) atoms. The Labute approximate surface area is 564 Å². The van der Waals surface area contributed by atoms with Gasteiger partial charge in [-0.15, -0.1) is 0 Å². The lowest BCUT2D eigenvalue weighted by Crippen LogP contribution is -2.59. The van der Waals surface area contributed by atoms with Gasteiger partial charge >= 0.3 is 0 Å². The van der Waals surface area contributed by atoms with Crippen LogP contribution in [-0.2, 0) is 16.2 Å². The molecule has 17 rings (SSSR count). The van der Waals surface area contributed by atoms with E-state index in [9.17, 15) is 0 Å². The number of fused-ring (bicyclic) bond motifs is 9. The Bertz CT molecular complexity index is 5460. The number of hydrogen-bond acceptors (Lipinski definition) is 2. The monoisotopic (exact) mass is 1230 g/mol. The summed E-state index contributed by atoms with van der Waals surface area (Å²) >= 11 is 0. The van der Waals surface area contributed by atoms with E-state index >= 15 is 0 Å². The van der Waals surface area contributed by atoms with Gasteiger partial charge in [0.05, 0.1) is 16.7 Å². The molecule has 4 heteroatoms. The molecule has 0 spiro atoms. The van der Waals surface area contributed by atoms with Crippen LogP contribution in [0.25, 0.3) is 116 Å². The zero-order valence-electron chi connectivity index (χ0n) is 56.1. The number of anilines is 3. The Hall–Kier alpha value is -10.9. The van der Waals surface area contributed by atoms with Gasteiger partial charge in [-0.2, -0.15) is 0 Å². The minimum atomic E-state index is -0.257. The van der Waals surface area contributed by atoms with Gasteiger partial charge in [0.1, 0.15) is 11.5 Å². The molecule has 462 valence electrons. The Balaban J connectivity index is 0.955. The van der Waals surface area contributed by atoms with Gasteiger partial charge in [-0.3, -0.25) is 0 Å². The third-order valence-corrected chi connectivity index (χ3v) is 20.5. The van der Waals surface area contributed by atoms with Gasteiger partial charge in [-0.25, -0.2) is 0 Å². The molecule has 0 aliphatic carbocycles. The molecule has 0 amide bonds. The van der Waals surface area contributed by atoms with E-state index in [-0.39, 0.29) is 23.0 Å². The van der Waals surface area contributed by atoms with Gasteiger partial charge < -0.3 is 14.2 Å². The standard InChI is InChI=1S/C92H75BN2O/c1-90(2,3)66-41-47-80-75(53-66)76-54-67(91(4,5)6)42-48-81(76)94(80)69-43-46-79-84(57-69)96-85-56-68(92(7,8)9)55-83-88(85)93(79)78-45-40-64(63-39-44-72-77(49-63)87(62-35-23-14-24-36-62)71-38-26-25-37-70(71)86(72)61-33-21-13-22-34-61)52-82(78)95(83)89-73(59-29-17-11-18-30-59)50-65(58-27-15-10-16-28-58)51-74(89)60-31-19-12-20-32-60/h10-57H,1-9H3. The first kappa shape index (κ1) is 58.9. The Morgan fingerprint density at radius 2 is 0.750 bits per heavy atom. The molecule has 0 radical (unpaired) electrons. The van der Waals surface area contributed by atoms with E-state index in [2.05, 4.69) is 363 Å². The number of benzene rings is 14. The van der Waals surface area contributed by atoms with Crippen LogP contribution in [0.3, 0.4) is 0 Å². The highest BCUT2D eigenvalue weighted by Crippen LogP contribution is 2.53. The molecule has 0 saturated carbocycles. The van der Waals surface area contributed by atoms with Crippen LogP contribution in [0.5, 0.6) is 11.5 Å². The first-order chi connectivity index (χ1) is 46.5. The summed E-state index contributed by atoms with van der Waals surface area (Å²) in [7, 11) is 0. The van der Waals surface area contributed by atoms with Gasteiger partial charge in [0.2, 0.25) is 0 Å². The van der Waals surface area contributed by atoms with Crippen molar-refractivity contribution >= 4 is 83.5 Å². The highest BCUT2D eigenvalue weighted by Gasteiger charge is 2.44. The van der Waals surface area contributed by atoms with Crippen molar-refractivity contribution < 1.29 is 4.74 Å². The van der Waals surface area contributed by atoms with Crippen LogP contribution in [0.4, 0.5) is 17.1 Å². The van der Waals surface area contributed by atoms with Gasteiger partial charge in [-0.05, 0) is 193 Å². The summed E-state index contributed by atoms with van der Waals surface area (Å²) in [6, 6.07) is 109. The van der Waals surface area contributed by atoms with Crippen molar-refractivity contribution in [1.82, 2.24) is 4.57 Å². The van der Waals surface area contributed by atoms with Crippen molar-refractivity contribution in [2.75, 3.05) is 4.90 Å². The summed E-state index contributed by atoms with van der Waals surface area (Å²) in [4.78, 5) is 2.64. The Morgan fingerprint density at radius 3 is 1.28 bits per heavy atom. The summed E-state index contributed by atoms with van der Waals surface area (Å²) in [6.45, 7) is 20.7. The SMILES string of the molecule is CC(C)(C)c1cc2c3c(c1)N(c1c(-c4ccccc4)cc(-c4ccccc4)cc1-c1ccccc1)c1cc(-c4ccc5c(-c6ccccc6)c6ccccc6c(-c6ccccc6)c5c4)ccc1B3c1ccc(-n3c4ccc(C(C)(C)C)cc4c4cc(C(C)(C)C)ccc43)cc1O2. The topological polar surface area (TPSA) is 17.4 Å².